The summed E-state index contributed by atoms with van der Waals surface area (Å²) < 4.78 is 1.01. The molecular weight excluding hydrogens is 516 g/mol. The van der Waals surface area contributed by atoms with E-state index in [1.165, 1.54) is 4.90 Å². The topological polar surface area (TPSA) is 66.5 Å². The first kappa shape index (κ1) is 25.8. The Bertz CT molecular complexity index is 1160. The minimum atomic E-state index is -0.182. The summed E-state index contributed by atoms with van der Waals surface area (Å²) in [5, 5.41) is 3.20. The summed E-state index contributed by atoms with van der Waals surface area (Å²) >= 11 is 3.48. The van der Waals surface area contributed by atoms with Crippen LogP contribution in [0.4, 0.5) is 0 Å². The third kappa shape index (κ3) is 6.49. The van der Waals surface area contributed by atoms with Gasteiger partial charge in [0.1, 0.15) is 0 Å². The van der Waals surface area contributed by atoms with E-state index in [-0.39, 0.29) is 23.8 Å². The van der Waals surface area contributed by atoms with Gasteiger partial charge in [-0.05, 0) is 48.2 Å². The molecule has 0 bridgehead atoms. The van der Waals surface area contributed by atoms with Crippen LogP contribution >= 0.6 is 15.9 Å². The zero-order valence-corrected chi connectivity index (χ0v) is 21.9. The Morgan fingerprint density at radius 3 is 1.86 bits per heavy atom. The van der Waals surface area contributed by atoms with Crippen molar-refractivity contribution in [3.63, 3.8) is 0 Å². The summed E-state index contributed by atoms with van der Waals surface area (Å²) in [6, 6.07) is 24.9. The number of carbonyl (C=O) groups excluding carboxylic acids is 3. The number of nitrogens with one attached hydrogen (secondary N) is 1. The number of rotatable bonds is 12. The molecule has 5 nitrogen and oxygen atoms in total. The number of benzene rings is 3. The number of nitrogens with zero attached hydrogens (tertiary/aromatic N) is 1. The van der Waals surface area contributed by atoms with Crippen molar-refractivity contribution in [1.82, 2.24) is 10.2 Å². The SMILES string of the molecule is O=C(CCCCCCCCN1C(=O)c2ccccc2C1=O)NC(c1ccccc1)c1ccc(Br)cc1. The van der Waals surface area contributed by atoms with Gasteiger partial charge in [0.05, 0.1) is 17.2 Å². The summed E-state index contributed by atoms with van der Waals surface area (Å²) in [5.41, 5.74) is 3.13. The highest BCUT2D eigenvalue weighted by atomic mass is 79.9. The predicted molar refractivity (Wildman–Crippen MR) is 145 cm³/mol. The number of carbonyl (C=O) groups is 3. The standard InChI is InChI=1S/C30H31BrN2O3/c31-24-19-17-23(18-20-24)28(22-12-6-5-7-13-22)32-27(34)16-8-3-1-2-4-11-21-33-29(35)25-14-9-10-15-26(25)30(33)36/h5-7,9-10,12-15,17-20,28H,1-4,8,11,16,21H2,(H,32,34). The lowest BCUT2D eigenvalue weighted by Gasteiger charge is -2.20. The van der Waals surface area contributed by atoms with E-state index in [4.69, 9.17) is 0 Å². The highest BCUT2D eigenvalue weighted by Gasteiger charge is 2.34. The maximum absolute atomic E-state index is 12.7. The predicted octanol–water partition coefficient (Wildman–Crippen LogP) is 6.68. The minimum absolute atomic E-state index is 0.0531. The fraction of sp³-hybridized carbons (Fsp3) is 0.300. The molecule has 0 saturated heterocycles. The molecule has 1 aliphatic heterocycles. The van der Waals surface area contributed by atoms with Crippen molar-refractivity contribution in [1.29, 1.82) is 0 Å². The van der Waals surface area contributed by atoms with E-state index in [0.717, 1.165) is 54.1 Å². The quantitative estimate of drug-likeness (QED) is 0.203. The number of halogens is 1. The second-order valence-electron chi connectivity index (χ2n) is 9.14. The molecular formula is C30H31BrN2O3. The molecule has 186 valence electrons. The Hall–Kier alpha value is -3.25. The number of imide groups is 1. The fourth-order valence-electron chi connectivity index (χ4n) is 4.60. The Balaban J connectivity index is 1.14. The summed E-state index contributed by atoms with van der Waals surface area (Å²) in [7, 11) is 0. The van der Waals surface area contributed by atoms with Crippen LogP contribution in [0.15, 0.2) is 83.3 Å². The molecule has 0 fully saturated rings. The minimum Gasteiger partial charge on any atom is -0.345 e. The zero-order chi connectivity index (χ0) is 25.3. The van der Waals surface area contributed by atoms with Crippen LogP contribution in [0, 0.1) is 0 Å². The molecule has 0 aliphatic carbocycles. The van der Waals surface area contributed by atoms with Crippen LogP contribution in [-0.2, 0) is 4.79 Å². The second kappa shape index (κ2) is 12.6. The van der Waals surface area contributed by atoms with Crippen molar-refractivity contribution >= 4 is 33.7 Å². The largest absolute Gasteiger partial charge is 0.345 e. The van der Waals surface area contributed by atoms with Crippen LogP contribution in [-0.4, -0.2) is 29.2 Å². The first-order chi connectivity index (χ1) is 17.5. The number of unbranched alkanes of at least 4 members (excludes halogenated alkanes) is 5. The smallest absolute Gasteiger partial charge is 0.261 e. The molecule has 3 amide bonds. The lowest BCUT2D eigenvalue weighted by Crippen LogP contribution is -2.30. The average molecular weight is 547 g/mol. The number of hydrogen-bond acceptors (Lipinski definition) is 3. The molecule has 1 heterocycles. The third-order valence-corrected chi connectivity index (χ3v) is 7.08. The molecule has 1 atom stereocenters. The first-order valence-electron chi connectivity index (χ1n) is 12.6. The van der Waals surface area contributed by atoms with E-state index in [0.29, 0.717) is 24.1 Å². The van der Waals surface area contributed by atoms with E-state index in [1.807, 2.05) is 54.6 Å². The van der Waals surface area contributed by atoms with Gasteiger partial charge in [0.25, 0.3) is 11.8 Å². The van der Waals surface area contributed by atoms with Gasteiger partial charge in [-0.1, -0.05) is 96.2 Å². The summed E-state index contributed by atoms with van der Waals surface area (Å²) in [6.45, 7) is 0.464. The fourth-order valence-corrected chi connectivity index (χ4v) is 4.86. The van der Waals surface area contributed by atoms with Crippen LogP contribution in [0.25, 0.3) is 0 Å². The van der Waals surface area contributed by atoms with Crippen LogP contribution in [0.2, 0.25) is 0 Å². The molecule has 0 spiro atoms. The molecule has 1 aliphatic rings. The van der Waals surface area contributed by atoms with Gasteiger partial charge in [-0.3, -0.25) is 19.3 Å². The van der Waals surface area contributed by atoms with E-state index < -0.39 is 0 Å². The normalized spacial score (nSPS) is 13.5. The molecule has 1 N–H and O–H groups in total. The van der Waals surface area contributed by atoms with Gasteiger partial charge >= 0.3 is 0 Å². The molecule has 4 rings (SSSR count). The van der Waals surface area contributed by atoms with Crippen LogP contribution in [0.3, 0.4) is 0 Å². The van der Waals surface area contributed by atoms with Crippen LogP contribution in [0.1, 0.15) is 82.8 Å². The van der Waals surface area contributed by atoms with Crippen molar-refractivity contribution in [2.45, 2.75) is 51.0 Å². The lowest BCUT2D eigenvalue weighted by molar-refractivity contribution is -0.121. The van der Waals surface area contributed by atoms with Gasteiger partial charge in [0.15, 0.2) is 0 Å². The average Bonchev–Trinajstić information content (AvgIpc) is 3.15. The molecule has 0 aromatic heterocycles. The zero-order valence-electron chi connectivity index (χ0n) is 20.3. The van der Waals surface area contributed by atoms with Gasteiger partial charge in [0.2, 0.25) is 5.91 Å². The van der Waals surface area contributed by atoms with Crippen molar-refractivity contribution in [3.8, 4) is 0 Å². The molecule has 0 saturated carbocycles. The molecule has 1 unspecified atom stereocenters. The second-order valence-corrected chi connectivity index (χ2v) is 10.1. The highest BCUT2D eigenvalue weighted by molar-refractivity contribution is 9.10. The summed E-state index contributed by atoms with van der Waals surface area (Å²) in [5.74, 6) is -0.311. The van der Waals surface area contributed by atoms with E-state index in [2.05, 4.69) is 21.2 Å². The molecule has 3 aromatic carbocycles. The van der Waals surface area contributed by atoms with Crippen molar-refractivity contribution in [2.24, 2.45) is 0 Å². The van der Waals surface area contributed by atoms with Gasteiger partial charge < -0.3 is 5.32 Å². The maximum atomic E-state index is 12.7. The first-order valence-corrected chi connectivity index (χ1v) is 13.4. The lowest BCUT2D eigenvalue weighted by atomic mass is 9.98. The number of amides is 3. The van der Waals surface area contributed by atoms with Crippen molar-refractivity contribution < 1.29 is 14.4 Å². The third-order valence-electron chi connectivity index (χ3n) is 6.56. The van der Waals surface area contributed by atoms with E-state index in [1.54, 1.807) is 24.3 Å². The van der Waals surface area contributed by atoms with Gasteiger partial charge in [-0.2, -0.15) is 0 Å². The molecule has 36 heavy (non-hydrogen) atoms. The number of fused-ring (bicyclic) bond motifs is 1. The Labute approximate surface area is 221 Å². The summed E-state index contributed by atoms with van der Waals surface area (Å²) in [6.07, 6.45) is 6.13. The van der Waals surface area contributed by atoms with Crippen LogP contribution in [0.5, 0.6) is 0 Å². The maximum Gasteiger partial charge on any atom is 0.261 e. The van der Waals surface area contributed by atoms with E-state index in [9.17, 15) is 14.4 Å². The Morgan fingerprint density at radius 2 is 1.22 bits per heavy atom. The van der Waals surface area contributed by atoms with Crippen molar-refractivity contribution in [3.05, 3.63) is 106 Å². The van der Waals surface area contributed by atoms with Gasteiger partial charge in [-0.25, -0.2) is 0 Å². The van der Waals surface area contributed by atoms with Crippen LogP contribution < -0.4 is 5.32 Å². The Kier molecular flexibility index (Phi) is 9.06. The number of hydrogen-bond donors (Lipinski definition) is 1. The van der Waals surface area contributed by atoms with Crippen molar-refractivity contribution in [2.75, 3.05) is 6.54 Å². The molecule has 3 aromatic rings. The Morgan fingerprint density at radius 1 is 0.694 bits per heavy atom. The monoisotopic (exact) mass is 546 g/mol. The summed E-state index contributed by atoms with van der Waals surface area (Å²) in [4.78, 5) is 38.9. The van der Waals surface area contributed by atoms with Gasteiger partial charge in [-0.15, -0.1) is 0 Å². The van der Waals surface area contributed by atoms with Gasteiger partial charge in [0, 0.05) is 17.4 Å². The molecule has 0 radical (unpaired) electrons. The molecule has 6 heteroatoms. The highest BCUT2D eigenvalue weighted by Crippen LogP contribution is 2.25. The van der Waals surface area contributed by atoms with E-state index >= 15 is 0 Å².